The molecule has 1 aromatic rings. The number of carboxylic acids is 1. The number of aliphatic carboxylic acids is 1. The Kier molecular flexibility index (Phi) is 5.10. The molecule has 1 atom stereocenters. The second-order valence-electron chi connectivity index (χ2n) is 3.80. The van der Waals surface area contributed by atoms with Crippen LogP contribution in [0.15, 0.2) is 18.2 Å². The minimum absolute atomic E-state index is 0.362. The average Bonchev–Trinajstić information content (AvgIpc) is 2.30. The molecule has 0 aliphatic rings. The summed E-state index contributed by atoms with van der Waals surface area (Å²) in [7, 11) is 1.58. The van der Waals surface area contributed by atoms with Gasteiger partial charge in [0.05, 0.1) is 23.7 Å². The topological polar surface area (TPSA) is 58.6 Å². The lowest BCUT2D eigenvalue weighted by Crippen LogP contribution is -2.14. The van der Waals surface area contributed by atoms with Gasteiger partial charge in [0.15, 0.2) is 0 Å². The Morgan fingerprint density at radius 3 is 2.82 bits per heavy atom. The van der Waals surface area contributed by atoms with Crippen molar-refractivity contribution in [1.29, 1.82) is 0 Å². The largest absolute Gasteiger partial charge is 0.497 e. The molecule has 0 fully saturated rings. The summed E-state index contributed by atoms with van der Waals surface area (Å²) in [6, 6.07) is 5.33. The number of carboxylic acid groups (broad SMARTS) is 1. The van der Waals surface area contributed by atoms with Gasteiger partial charge in [0.1, 0.15) is 5.75 Å². The third-order valence-electron chi connectivity index (χ3n) is 2.49. The zero-order valence-electron chi connectivity index (χ0n) is 9.87. The van der Waals surface area contributed by atoms with Crippen molar-refractivity contribution >= 4 is 23.3 Å². The molecule has 94 valence electrons. The number of carbonyl (C=O) groups is 1. The number of hydrogen-bond acceptors (Lipinski definition) is 3. The van der Waals surface area contributed by atoms with Gasteiger partial charge in [0.25, 0.3) is 0 Å². The summed E-state index contributed by atoms with van der Waals surface area (Å²) in [6.07, 6.45) is 0.553. The molecule has 0 bridgehead atoms. The predicted octanol–water partition coefficient (Wildman–Crippen LogP) is 2.87. The Labute approximate surface area is 106 Å². The zero-order valence-corrected chi connectivity index (χ0v) is 10.6. The number of nitrogens with one attached hydrogen (secondary N) is 1. The van der Waals surface area contributed by atoms with Gasteiger partial charge in [-0.3, -0.25) is 4.79 Å². The van der Waals surface area contributed by atoms with Crippen LogP contribution in [0.5, 0.6) is 5.75 Å². The molecular weight excluding hydrogens is 242 g/mol. The third-order valence-corrected chi connectivity index (χ3v) is 2.80. The lowest BCUT2D eigenvalue weighted by atomic mass is 10.1. The van der Waals surface area contributed by atoms with Crippen LogP contribution in [-0.2, 0) is 4.79 Å². The highest BCUT2D eigenvalue weighted by Gasteiger charge is 2.10. The van der Waals surface area contributed by atoms with Crippen LogP contribution in [0.2, 0.25) is 5.02 Å². The van der Waals surface area contributed by atoms with E-state index in [2.05, 4.69) is 5.32 Å². The second-order valence-corrected chi connectivity index (χ2v) is 4.21. The van der Waals surface area contributed by atoms with Gasteiger partial charge in [0.2, 0.25) is 0 Å². The first-order valence-corrected chi connectivity index (χ1v) is 5.72. The minimum atomic E-state index is -0.785. The number of halogens is 1. The Bertz CT molecular complexity index is 395. The predicted molar refractivity (Wildman–Crippen MR) is 67.9 cm³/mol. The Morgan fingerprint density at radius 2 is 2.29 bits per heavy atom. The fourth-order valence-corrected chi connectivity index (χ4v) is 1.55. The van der Waals surface area contributed by atoms with Crippen molar-refractivity contribution < 1.29 is 14.6 Å². The van der Waals surface area contributed by atoms with Gasteiger partial charge in [0, 0.05) is 12.6 Å². The van der Waals surface area contributed by atoms with E-state index in [1.54, 1.807) is 26.2 Å². The maximum atomic E-state index is 10.6. The van der Waals surface area contributed by atoms with E-state index in [1.807, 2.05) is 6.07 Å². The number of hydrogen-bond donors (Lipinski definition) is 2. The fourth-order valence-electron chi connectivity index (χ4n) is 1.31. The molecule has 1 rings (SSSR count). The molecule has 5 heteroatoms. The maximum absolute atomic E-state index is 10.6. The SMILES string of the molecule is COc1ccc(NCCC(C)C(=O)O)c(Cl)c1. The summed E-state index contributed by atoms with van der Waals surface area (Å²) >= 11 is 6.03. The van der Waals surface area contributed by atoms with Crippen LogP contribution in [0.1, 0.15) is 13.3 Å². The summed E-state index contributed by atoms with van der Waals surface area (Å²) < 4.78 is 5.03. The number of benzene rings is 1. The van der Waals surface area contributed by atoms with E-state index in [9.17, 15) is 4.79 Å². The first kappa shape index (κ1) is 13.6. The van der Waals surface area contributed by atoms with E-state index in [-0.39, 0.29) is 5.92 Å². The molecule has 0 radical (unpaired) electrons. The average molecular weight is 258 g/mol. The van der Waals surface area contributed by atoms with E-state index < -0.39 is 5.97 Å². The number of ether oxygens (including phenoxy) is 1. The molecule has 0 saturated carbocycles. The van der Waals surface area contributed by atoms with Crippen LogP contribution in [0.25, 0.3) is 0 Å². The molecule has 0 aromatic heterocycles. The third kappa shape index (κ3) is 4.15. The highest BCUT2D eigenvalue weighted by atomic mass is 35.5. The Hall–Kier alpha value is -1.42. The summed E-state index contributed by atoms with van der Waals surface area (Å²) in [5, 5.41) is 12.4. The zero-order chi connectivity index (χ0) is 12.8. The highest BCUT2D eigenvalue weighted by Crippen LogP contribution is 2.26. The molecule has 0 heterocycles. The van der Waals surface area contributed by atoms with Gasteiger partial charge >= 0.3 is 5.97 Å². The van der Waals surface area contributed by atoms with Crippen LogP contribution < -0.4 is 10.1 Å². The maximum Gasteiger partial charge on any atom is 0.306 e. The smallest absolute Gasteiger partial charge is 0.306 e. The second kappa shape index (κ2) is 6.35. The molecule has 0 saturated heterocycles. The molecule has 4 nitrogen and oxygen atoms in total. The Balaban J connectivity index is 2.49. The van der Waals surface area contributed by atoms with Crippen molar-refractivity contribution in [3.8, 4) is 5.75 Å². The quantitative estimate of drug-likeness (QED) is 0.823. The lowest BCUT2D eigenvalue weighted by molar-refractivity contribution is -0.141. The summed E-state index contributed by atoms with van der Waals surface area (Å²) in [5.74, 6) is -0.452. The molecule has 0 aliphatic carbocycles. The molecule has 0 spiro atoms. The first-order chi connectivity index (χ1) is 8.04. The molecule has 0 amide bonds. The van der Waals surface area contributed by atoms with E-state index >= 15 is 0 Å². The number of anilines is 1. The van der Waals surface area contributed by atoms with Crippen molar-refractivity contribution in [2.45, 2.75) is 13.3 Å². The molecule has 1 unspecified atom stereocenters. The number of rotatable bonds is 6. The van der Waals surface area contributed by atoms with Crippen LogP contribution in [0.3, 0.4) is 0 Å². The van der Waals surface area contributed by atoms with Crippen molar-refractivity contribution in [3.63, 3.8) is 0 Å². The summed E-state index contributed by atoms with van der Waals surface area (Å²) in [5.41, 5.74) is 0.782. The van der Waals surface area contributed by atoms with Crippen LogP contribution in [0, 0.1) is 5.92 Å². The van der Waals surface area contributed by atoms with E-state index in [0.717, 1.165) is 5.69 Å². The number of methoxy groups -OCH3 is 1. The van der Waals surface area contributed by atoms with Gasteiger partial charge in [-0.2, -0.15) is 0 Å². The van der Waals surface area contributed by atoms with Gasteiger partial charge < -0.3 is 15.2 Å². The lowest BCUT2D eigenvalue weighted by Gasteiger charge is -2.11. The van der Waals surface area contributed by atoms with Gasteiger partial charge in [-0.25, -0.2) is 0 Å². The highest BCUT2D eigenvalue weighted by molar-refractivity contribution is 6.33. The molecule has 0 aliphatic heterocycles. The van der Waals surface area contributed by atoms with E-state index in [1.165, 1.54) is 0 Å². The fraction of sp³-hybridized carbons (Fsp3) is 0.417. The molecule has 17 heavy (non-hydrogen) atoms. The van der Waals surface area contributed by atoms with Gasteiger partial charge in [-0.1, -0.05) is 18.5 Å². The van der Waals surface area contributed by atoms with Crippen molar-refractivity contribution in [2.24, 2.45) is 5.92 Å². The monoisotopic (exact) mass is 257 g/mol. The van der Waals surface area contributed by atoms with Crippen LogP contribution in [-0.4, -0.2) is 24.7 Å². The Morgan fingerprint density at radius 1 is 1.59 bits per heavy atom. The molecule has 1 aromatic carbocycles. The van der Waals surface area contributed by atoms with Crippen LogP contribution in [0.4, 0.5) is 5.69 Å². The van der Waals surface area contributed by atoms with Gasteiger partial charge in [-0.15, -0.1) is 0 Å². The van der Waals surface area contributed by atoms with Crippen LogP contribution >= 0.6 is 11.6 Å². The standard InChI is InChI=1S/C12H16ClNO3/c1-8(12(15)16)5-6-14-11-4-3-9(17-2)7-10(11)13/h3-4,7-8,14H,5-6H2,1-2H3,(H,15,16). The van der Waals surface area contributed by atoms with Crippen molar-refractivity contribution in [2.75, 3.05) is 19.0 Å². The van der Waals surface area contributed by atoms with E-state index in [0.29, 0.717) is 23.7 Å². The molecular formula is C12H16ClNO3. The normalized spacial score (nSPS) is 11.9. The first-order valence-electron chi connectivity index (χ1n) is 5.34. The van der Waals surface area contributed by atoms with E-state index in [4.69, 9.17) is 21.4 Å². The summed E-state index contributed by atoms with van der Waals surface area (Å²) in [4.78, 5) is 10.6. The van der Waals surface area contributed by atoms with Gasteiger partial charge in [-0.05, 0) is 18.6 Å². The van der Waals surface area contributed by atoms with Crippen molar-refractivity contribution in [3.05, 3.63) is 23.2 Å². The molecule has 2 N–H and O–H groups in total. The van der Waals surface area contributed by atoms with Crippen molar-refractivity contribution in [1.82, 2.24) is 0 Å². The minimum Gasteiger partial charge on any atom is -0.497 e. The summed E-state index contributed by atoms with van der Waals surface area (Å²) in [6.45, 7) is 2.25.